The van der Waals surface area contributed by atoms with Gasteiger partial charge in [0, 0.05) is 25.2 Å². The lowest BCUT2D eigenvalue weighted by Gasteiger charge is -2.39. The van der Waals surface area contributed by atoms with Crippen molar-refractivity contribution in [2.24, 2.45) is 5.73 Å². The van der Waals surface area contributed by atoms with E-state index in [0.717, 1.165) is 37.9 Å². The number of nitrogens with two attached hydrogens (primary N) is 1. The molecule has 1 fully saturated rings. The molecule has 1 aromatic rings. The first-order valence-corrected chi connectivity index (χ1v) is 7.05. The molecule has 0 amide bonds. The van der Waals surface area contributed by atoms with Crippen molar-refractivity contribution in [2.75, 3.05) is 13.1 Å². The van der Waals surface area contributed by atoms with Crippen LogP contribution >= 0.6 is 0 Å². The quantitative estimate of drug-likeness (QED) is 0.877. The van der Waals surface area contributed by atoms with E-state index in [2.05, 4.69) is 11.8 Å². The minimum absolute atomic E-state index is 0.0166. The Kier molecular flexibility index (Phi) is 4.91. The monoisotopic (exact) mass is 266 g/mol. The number of rotatable bonds is 4. The zero-order valence-corrected chi connectivity index (χ0v) is 11.4. The van der Waals surface area contributed by atoms with E-state index in [1.807, 2.05) is 6.07 Å². The molecule has 1 saturated heterocycles. The van der Waals surface area contributed by atoms with Gasteiger partial charge in [-0.15, -0.1) is 0 Å². The van der Waals surface area contributed by atoms with Crippen LogP contribution < -0.4 is 5.73 Å². The minimum atomic E-state index is -0.220. The van der Waals surface area contributed by atoms with Crippen molar-refractivity contribution < 1.29 is 9.50 Å². The molecule has 2 rings (SSSR count). The molecule has 19 heavy (non-hydrogen) atoms. The van der Waals surface area contributed by atoms with Gasteiger partial charge in [0.05, 0.1) is 6.10 Å². The third-order valence-corrected chi connectivity index (χ3v) is 3.96. The molecule has 1 heterocycles. The lowest BCUT2D eigenvalue weighted by atomic mass is 9.94. The van der Waals surface area contributed by atoms with Gasteiger partial charge in [-0.2, -0.15) is 0 Å². The van der Waals surface area contributed by atoms with Crippen LogP contribution in [0.5, 0.6) is 0 Å². The molecule has 3 N–H and O–H groups in total. The molecule has 2 unspecified atom stereocenters. The summed E-state index contributed by atoms with van der Waals surface area (Å²) in [5.41, 5.74) is 7.17. The van der Waals surface area contributed by atoms with Crippen molar-refractivity contribution in [2.45, 2.75) is 44.4 Å². The maximum atomic E-state index is 13.4. The second kappa shape index (κ2) is 6.46. The molecule has 2 atom stereocenters. The number of benzene rings is 1. The van der Waals surface area contributed by atoms with E-state index in [0.29, 0.717) is 0 Å². The van der Waals surface area contributed by atoms with Crippen molar-refractivity contribution in [3.63, 3.8) is 0 Å². The summed E-state index contributed by atoms with van der Waals surface area (Å²) in [5.74, 6) is -0.220. The average molecular weight is 266 g/mol. The van der Waals surface area contributed by atoms with Crippen molar-refractivity contribution in [3.05, 3.63) is 35.6 Å². The van der Waals surface area contributed by atoms with Gasteiger partial charge >= 0.3 is 0 Å². The van der Waals surface area contributed by atoms with E-state index in [1.165, 1.54) is 6.07 Å². The topological polar surface area (TPSA) is 49.5 Å². The molecular formula is C15H23FN2O. The molecule has 106 valence electrons. The van der Waals surface area contributed by atoms with Crippen LogP contribution in [0.4, 0.5) is 4.39 Å². The highest BCUT2D eigenvalue weighted by Gasteiger charge is 2.29. The van der Waals surface area contributed by atoms with Gasteiger partial charge in [0.25, 0.3) is 0 Å². The number of aliphatic hydroxyl groups is 1. The Balaban J connectivity index is 2.21. The summed E-state index contributed by atoms with van der Waals surface area (Å²) >= 11 is 0. The maximum Gasteiger partial charge on any atom is 0.123 e. The van der Waals surface area contributed by atoms with Crippen molar-refractivity contribution in [3.8, 4) is 0 Å². The number of likely N-dealkylation sites (tertiary alicyclic amines) is 1. The Morgan fingerprint density at radius 1 is 1.42 bits per heavy atom. The summed E-state index contributed by atoms with van der Waals surface area (Å²) in [6.07, 6.45) is 2.17. The van der Waals surface area contributed by atoms with Gasteiger partial charge < -0.3 is 10.8 Å². The first-order chi connectivity index (χ1) is 9.11. The van der Waals surface area contributed by atoms with Gasteiger partial charge in [-0.05, 0) is 37.0 Å². The van der Waals surface area contributed by atoms with Crippen molar-refractivity contribution in [1.82, 2.24) is 4.90 Å². The highest BCUT2D eigenvalue weighted by Crippen LogP contribution is 2.28. The van der Waals surface area contributed by atoms with E-state index in [1.54, 1.807) is 12.1 Å². The Bertz CT molecular complexity index is 405. The Hall–Kier alpha value is -0.970. The molecule has 0 saturated carbocycles. The fraction of sp³-hybridized carbons (Fsp3) is 0.600. The van der Waals surface area contributed by atoms with Crippen LogP contribution in [0.3, 0.4) is 0 Å². The Morgan fingerprint density at radius 3 is 2.68 bits per heavy atom. The lowest BCUT2D eigenvalue weighted by molar-refractivity contribution is 0.0528. The van der Waals surface area contributed by atoms with E-state index >= 15 is 0 Å². The van der Waals surface area contributed by atoms with Gasteiger partial charge in [-0.25, -0.2) is 4.39 Å². The first kappa shape index (κ1) is 14.4. The lowest BCUT2D eigenvalue weighted by Crippen LogP contribution is -2.45. The molecule has 1 aromatic carbocycles. The van der Waals surface area contributed by atoms with Crippen molar-refractivity contribution in [1.29, 1.82) is 0 Å². The third kappa shape index (κ3) is 3.53. The number of nitrogens with zero attached hydrogens (tertiary/aromatic N) is 1. The predicted molar refractivity (Wildman–Crippen MR) is 74.2 cm³/mol. The summed E-state index contributed by atoms with van der Waals surface area (Å²) < 4.78 is 13.4. The normalized spacial score (nSPS) is 21.3. The van der Waals surface area contributed by atoms with Gasteiger partial charge in [0.2, 0.25) is 0 Å². The molecule has 1 aliphatic rings. The van der Waals surface area contributed by atoms with Gasteiger partial charge in [0.1, 0.15) is 5.82 Å². The first-order valence-electron chi connectivity index (χ1n) is 7.05. The van der Waals surface area contributed by atoms with E-state index in [9.17, 15) is 9.50 Å². The Labute approximate surface area is 114 Å². The van der Waals surface area contributed by atoms with E-state index in [-0.39, 0.29) is 24.0 Å². The number of aliphatic hydroxyl groups excluding tert-OH is 1. The van der Waals surface area contributed by atoms with Crippen LogP contribution in [0, 0.1) is 5.82 Å². The standard InChI is InChI=1S/C15H23FN2O/c1-2-14(17)15(11-4-3-5-12(16)10-11)18-8-6-13(19)7-9-18/h3-5,10,13-15,19H,2,6-9,17H2,1H3. The average Bonchev–Trinajstić information content (AvgIpc) is 2.41. The molecule has 0 aliphatic carbocycles. The highest BCUT2D eigenvalue weighted by atomic mass is 19.1. The van der Waals surface area contributed by atoms with E-state index in [4.69, 9.17) is 5.73 Å². The molecular weight excluding hydrogens is 243 g/mol. The summed E-state index contributed by atoms with van der Waals surface area (Å²) in [5, 5.41) is 9.60. The van der Waals surface area contributed by atoms with E-state index < -0.39 is 0 Å². The number of halogens is 1. The van der Waals surface area contributed by atoms with Crippen LogP contribution in [0.2, 0.25) is 0 Å². The number of hydrogen-bond acceptors (Lipinski definition) is 3. The van der Waals surface area contributed by atoms with Crippen LogP contribution in [0.15, 0.2) is 24.3 Å². The second-order valence-corrected chi connectivity index (χ2v) is 5.34. The SMILES string of the molecule is CCC(N)C(c1cccc(F)c1)N1CCC(O)CC1. The molecule has 1 aliphatic heterocycles. The zero-order valence-electron chi connectivity index (χ0n) is 11.4. The minimum Gasteiger partial charge on any atom is -0.393 e. The number of piperidine rings is 1. The smallest absolute Gasteiger partial charge is 0.123 e. The number of hydrogen-bond donors (Lipinski definition) is 2. The van der Waals surface area contributed by atoms with Gasteiger partial charge in [-0.1, -0.05) is 19.1 Å². The largest absolute Gasteiger partial charge is 0.393 e. The molecule has 0 aromatic heterocycles. The highest BCUT2D eigenvalue weighted by molar-refractivity contribution is 5.22. The maximum absolute atomic E-state index is 13.4. The summed E-state index contributed by atoms with van der Waals surface area (Å²) in [6.45, 7) is 3.68. The van der Waals surface area contributed by atoms with Crippen LogP contribution in [0.25, 0.3) is 0 Å². The molecule has 3 nitrogen and oxygen atoms in total. The molecule has 4 heteroatoms. The summed E-state index contributed by atoms with van der Waals surface area (Å²) in [7, 11) is 0. The molecule has 0 bridgehead atoms. The van der Waals surface area contributed by atoms with Gasteiger partial charge in [-0.3, -0.25) is 4.90 Å². The van der Waals surface area contributed by atoms with Gasteiger partial charge in [0.15, 0.2) is 0 Å². The fourth-order valence-corrected chi connectivity index (χ4v) is 2.81. The zero-order chi connectivity index (χ0) is 13.8. The Morgan fingerprint density at radius 2 is 2.11 bits per heavy atom. The van der Waals surface area contributed by atoms with Crippen LogP contribution in [-0.4, -0.2) is 35.2 Å². The predicted octanol–water partition coefficient (Wildman–Crippen LogP) is 2.06. The summed E-state index contributed by atoms with van der Waals surface area (Å²) in [6, 6.07) is 6.72. The second-order valence-electron chi connectivity index (χ2n) is 5.34. The van der Waals surface area contributed by atoms with Crippen molar-refractivity contribution >= 4 is 0 Å². The third-order valence-electron chi connectivity index (χ3n) is 3.96. The van der Waals surface area contributed by atoms with Crippen LogP contribution in [-0.2, 0) is 0 Å². The molecule has 0 radical (unpaired) electrons. The molecule has 0 spiro atoms. The van der Waals surface area contributed by atoms with Crippen LogP contribution in [0.1, 0.15) is 37.8 Å². The summed E-state index contributed by atoms with van der Waals surface area (Å²) in [4.78, 5) is 2.27. The fourth-order valence-electron chi connectivity index (χ4n) is 2.81.